The number of alkyl halides is 1. The molecule has 17 heavy (non-hydrogen) atoms. The standard InChI is InChI=1S/C11H14BrClN2O2/c1-15(6-8(12)7-17-2)11(16)10-4-3-9(13)5-14-10/h3-5,8H,6-7H2,1-2H3. The second kappa shape index (κ2) is 6.93. The van der Waals surface area contributed by atoms with Crippen LogP contribution in [0.25, 0.3) is 0 Å². The number of carbonyl (C=O) groups excluding carboxylic acids is 1. The molecule has 0 aliphatic heterocycles. The molecule has 0 fully saturated rings. The minimum absolute atomic E-state index is 0.105. The maximum absolute atomic E-state index is 12.0. The van der Waals surface area contributed by atoms with E-state index in [1.54, 1.807) is 31.2 Å². The predicted octanol–water partition coefficient (Wildman–Crippen LogP) is 2.22. The molecule has 1 unspecified atom stereocenters. The Balaban J connectivity index is 2.60. The van der Waals surface area contributed by atoms with Gasteiger partial charge < -0.3 is 9.64 Å². The van der Waals surface area contributed by atoms with Crippen molar-refractivity contribution in [3.63, 3.8) is 0 Å². The van der Waals surface area contributed by atoms with Gasteiger partial charge in [-0.1, -0.05) is 27.5 Å². The van der Waals surface area contributed by atoms with E-state index in [0.717, 1.165) is 0 Å². The molecule has 1 aromatic heterocycles. The van der Waals surface area contributed by atoms with Gasteiger partial charge in [0.1, 0.15) is 5.69 Å². The number of hydrogen-bond donors (Lipinski definition) is 0. The number of hydrogen-bond acceptors (Lipinski definition) is 3. The van der Waals surface area contributed by atoms with Gasteiger partial charge in [0.15, 0.2) is 0 Å². The van der Waals surface area contributed by atoms with Crippen LogP contribution in [0.5, 0.6) is 0 Å². The highest BCUT2D eigenvalue weighted by atomic mass is 79.9. The van der Waals surface area contributed by atoms with Crippen LogP contribution in [-0.2, 0) is 4.74 Å². The van der Waals surface area contributed by atoms with Crippen molar-refractivity contribution < 1.29 is 9.53 Å². The summed E-state index contributed by atoms with van der Waals surface area (Å²) in [4.78, 5) is 17.6. The molecule has 4 nitrogen and oxygen atoms in total. The van der Waals surface area contributed by atoms with E-state index in [0.29, 0.717) is 23.9 Å². The Hall–Kier alpha value is -0.650. The number of halogens is 2. The number of aromatic nitrogens is 1. The third-order valence-corrected chi connectivity index (χ3v) is 2.89. The lowest BCUT2D eigenvalue weighted by Gasteiger charge is -2.19. The second-order valence-electron chi connectivity index (χ2n) is 3.60. The van der Waals surface area contributed by atoms with Gasteiger partial charge in [0.05, 0.1) is 16.5 Å². The fourth-order valence-electron chi connectivity index (χ4n) is 1.31. The summed E-state index contributed by atoms with van der Waals surface area (Å²) in [5.41, 5.74) is 0.383. The van der Waals surface area contributed by atoms with Crippen molar-refractivity contribution in [1.29, 1.82) is 0 Å². The smallest absolute Gasteiger partial charge is 0.272 e. The van der Waals surface area contributed by atoms with Crippen LogP contribution in [0.15, 0.2) is 18.3 Å². The monoisotopic (exact) mass is 320 g/mol. The van der Waals surface area contributed by atoms with Crippen molar-refractivity contribution in [2.75, 3.05) is 27.3 Å². The van der Waals surface area contributed by atoms with E-state index in [9.17, 15) is 4.79 Å². The first-order valence-electron chi connectivity index (χ1n) is 5.04. The molecule has 1 rings (SSSR count). The molecule has 94 valence electrons. The SMILES string of the molecule is COCC(Br)CN(C)C(=O)c1ccc(Cl)cn1. The summed E-state index contributed by atoms with van der Waals surface area (Å²) in [6, 6.07) is 3.26. The molecule has 1 aromatic rings. The minimum Gasteiger partial charge on any atom is -0.383 e. The molecule has 6 heteroatoms. The first kappa shape index (κ1) is 14.4. The number of amides is 1. The molecular weight excluding hydrogens is 307 g/mol. The zero-order valence-corrected chi connectivity index (χ0v) is 12.0. The van der Waals surface area contributed by atoms with Crippen molar-refractivity contribution in [3.05, 3.63) is 29.0 Å². The lowest BCUT2D eigenvalue weighted by molar-refractivity contribution is 0.0778. The summed E-state index contributed by atoms with van der Waals surface area (Å²) in [5.74, 6) is -0.137. The van der Waals surface area contributed by atoms with Crippen LogP contribution >= 0.6 is 27.5 Å². The van der Waals surface area contributed by atoms with Gasteiger partial charge in [-0.15, -0.1) is 0 Å². The highest BCUT2D eigenvalue weighted by Gasteiger charge is 2.16. The molecule has 0 spiro atoms. The average molecular weight is 322 g/mol. The number of carbonyl (C=O) groups is 1. The summed E-state index contributed by atoms with van der Waals surface area (Å²) < 4.78 is 4.99. The number of rotatable bonds is 5. The largest absolute Gasteiger partial charge is 0.383 e. The van der Waals surface area contributed by atoms with E-state index in [2.05, 4.69) is 20.9 Å². The predicted molar refractivity (Wildman–Crippen MR) is 70.8 cm³/mol. The van der Waals surface area contributed by atoms with Crippen LogP contribution in [-0.4, -0.2) is 47.9 Å². The first-order chi connectivity index (χ1) is 8.04. The number of pyridine rings is 1. The first-order valence-corrected chi connectivity index (χ1v) is 6.34. The summed E-state index contributed by atoms with van der Waals surface area (Å²) in [7, 11) is 3.35. The quantitative estimate of drug-likeness (QED) is 0.781. The number of methoxy groups -OCH3 is 1. The van der Waals surface area contributed by atoms with Gasteiger partial charge in [-0.3, -0.25) is 4.79 Å². The van der Waals surface area contributed by atoms with Gasteiger partial charge >= 0.3 is 0 Å². The van der Waals surface area contributed by atoms with Gasteiger partial charge in [-0.25, -0.2) is 4.98 Å². The van der Waals surface area contributed by atoms with Crippen LogP contribution in [0.2, 0.25) is 5.02 Å². The maximum Gasteiger partial charge on any atom is 0.272 e. The molecule has 1 atom stereocenters. The molecular formula is C11H14BrClN2O2. The van der Waals surface area contributed by atoms with Gasteiger partial charge in [0.2, 0.25) is 0 Å². The summed E-state index contributed by atoms with van der Waals surface area (Å²) in [5, 5.41) is 0.516. The molecule has 0 saturated carbocycles. The van der Waals surface area contributed by atoms with Gasteiger partial charge in [0.25, 0.3) is 5.91 Å². The lowest BCUT2D eigenvalue weighted by atomic mass is 10.3. The zero-order valence-electron chi connectivity index (χ0n) is 9.69. The van der Waals surface area contributed by atoms with E-state index in [1.807, 2.05) is 0 Å². The van der Waals surface area contributed by atoms with Crippen LogP contribution < -0.4 is 0 Å². The minimum atomic E-state index is -0.137. The summed E-state index contributed by atoms with van der Waals surface area (Å²) in [6.45, 7) is 1.10. The molecule has 0 aliphatic carbocycles. The Morgan fingerprint density at radius 1 is 1.65 bits per heavy atom. The van der Waals surface area contributed by atoms with Crippen LogP contribution in [0.4, 0.5) is 0 Å². The third-order valence-electron chi connectivity index (χ3n) is 2.11. The molecule has 1 amide bonds. The molecule has 0 N–H and O–H groups in total. The van der Waals surface area contributed by atoms with Crippen LogP contribution in [0, 0.1) is 0 Å². The van der Waals surface area contributed by atoms with Crippen molar-refractivity contribution in [1.82, 2.24) is 9.88 Å². The molecule has 0 bridgehead atoms. The summed E-state index contributed by atoms with van der Waals surface area (Å²) >= 11 is 9.14. The number of ether oxygens (including phenoxy) is 1. The zero-order chi connectivity index (χ0) is 12.8. The molecule has 0 saturated heterocycles. The lowest BCUT2D eigenvalue weighted by Crippen LogP contribution is -2.34. The van der Waals surface area contributed by atoms with Crippen molar-refractivity contribution in [3.8, 4) is 0 Å². The molecule has 0 aromatic carbocycles. The highest BCUT2D eigenvalue weighted by Crippen LogP contribution is 2.09. The van der Waals surface area contributed by atoms with Crippen molar-refractivity contribution in [2.24, 2.45) is 0 Å². The number of nitrogens with zero attached hydrogens (tertiary/aromatic N) is 2. The Labute approximate surface area is 114 Å². The Morgan fingerprint density at radius 3 is 2.88 bits per heavy atom. The molecule has 0 aliphatic rings. The third kappa shape index (κ3) is 4.61. The Kier molecular flexibility index (Phi) is 5.88. The fourth-order valence-corrected chi connectivity index (χ4v) is 2.12. The van der Waals surface area contributed by atoms with E-state index >= 15 is 0 Å². The molecule has 0 radical (unpaired) electrons. The van der Waals surface area contributed by atoms with Gasteiger partial charge in [-0.2, -0.15) is 0 Å². The van der Waals surface area contributed by atoms with Gasteiger partial charge in [0, 0.05) is 26.9 Å². The van der Waals surface area contributed by atoms with E-state index < -0.39 is 0 Å². The van der Waals surface area contributed by atoms with E-state index in [-0.39, 0.29) is 10.7 Å². The Bertz CT molecular complexity index is 372. The van der Waals surface area contributed by atoms with Crippen molar-refractivity contribution in [2.45, 2.75) is 4.83 Å². The normalized spacial score (nSPS) is 12.2. The van der Waals surface area contributed by atoms with Crippen molar-refractivity contribution >= 4 is 33.4 Å². The summed E-state index contributed by atoms with van der Waals surface area (Å²) in [6.07, 6.45) is 1.46. The average Bonchev–Trinajstić information content (AvgIpc) is 2.29. The Morgan fingerprint density at radius 2 is 2.35 bits per heavy atom. The van der Waals surface area contributed by atoms with Crippen LogP contribution in [0.1, 0.15) is 10.5 Å². The molecule has 1 heterocycles. The second-order valence-corrected chi connectivity index (χ2v) is 5.33. The fraction of sp³-hybridized carbons (Fsp3) is 0.455. The van der Waals surface area contributed by atoms with E-state index in [4.69, 9.17) is 16.3 Å². The van der Waals surface area contributed by atoms with Crippen LogP contribution in [0.3, 0.4) is 0 Å². The van der Waals surface area contributed by atoms with E-state index in [1.165, 1.54) is 6.20 Å². The maximum atomic E-state index is 12.0. The topological polar surface area (TPSA) is 42.4 Å². The highest BCUT2D eigenvalue weighted by molar-refractivity contribution is 9.09. The van der Waals surface area contributed by atoms with Gasteiger partial charge in [-0.05, 0) is 12.1 Å².